The van der Waals surface area contributed by atoms with E-state index in [0.717, 1.165) is 10.1 Å². The van der Waals surface area contributed by atoms with Crippen molar-refractivity contribution in [3.63, 3.8) is 0 Å². The van der Waals surface area contributed by atoms with E-state index in [1.165, 1.54) is 11.6 Å². The average Bonchev–Trinajstić information content (AvgIpc) is 2.61. The highest BCUT2D eigenvalue weighted by atomic mass is 16.3. The largest absolute Gasteiger partial charge is 0.394 e. The summed E-state index contributed by atoms with van der Waals surface area (Å²) in [5.41, 5.74) is 5.47. The van der Waals surface area contributed by atoms with Crippen molar-refractivity contribution in [2.45, 2.75) is 32.4 Å². The number of hydrogen-bond acceptors (Lipinski definition) is 5. The predicted molar refractivity (Wildman–Crippen MR) is 95.3 cm³/mol. The molecule has 0 saturated carbocycles. The van der Waals surface area contributed by atoms with Crippen LogP contribution < -0.4 is 22.3 Å². The summed E-state index contributed by atoms with van der Waals surface area (Å²) in [5.74, 6) is 0.0695. The zero-order chi connectivity index (χ0) is 17.9. The molecule has 1 unspecified atom stereocenters. The topological polar surface area (TPSA) is 102 Å². The van der Waals surface area contributed by atoms with Crippen LogP contribution in [0.4, 0.5) is 11.5 Å². The SMILES string of the molecule is CCC(C)(CO)Nc1c(N)n(Cc2ccccc2)c(=O)n(C)c1=O. The summed E-state index contributed by atoms with van der Waals surface area (Å²) in [6, 6.07) is 9.40. The second-order valence-corrected chi connectivity index (χ2v) is 6.18. The molecule has 2 aromatic rings. The fourth-order valence-electron chi connectivity index (χ4n) is 2.36. The summed E-state index contributed by atoms with van der Waals surface area (Å²) in [6.07, 6.45) is 0.587. The van der Waals surface area contributed by atoms with Crippen LogP contribution in [0.1, 0.15) is 25.8 Å². The maximum absolute atomic E-state index is 12.5. The van der Waals surface area contributed by atoms with E-state index >= 15 is 0 Å². The third kappa shape index (κ3) is 3.35. The molecule has 7 heteroatoms. The van der Waals surface area contributed by atoms with Gasteiger partial charge in [0.05, 0.1) is 18.7 Å². The van der Waals surface area contributed by atoms with Gasteiger partial charge in [-0.25, -0.2) is 4.79 Å². The summed E-state index contributed by atoms with van der Waals surface area (Å²) in [6.45, 7) is 3.78. The molecule has 0 aliphatic heterocycles. The predicted octanol–water partition coefficient (Wildman–Crippen LogP) is 0.750. The first-order chi connectivity index (χ1) is 11.3. The van der Waals surface area contributed by atoms with Gasteiger partial charge in [0.25, 0.3) is 5.56 Å². The number of hydrogen-bond donors (Lipinski definition) is 3. The molecule has 0 spiro atoms. The molecule has 130 valence electrons. The molecular weight excluding hydrogens is 308 g/mol. The van der Waals surface area contributed by atoms with Gasteiger partial charge in [-0.2, -0.15) is 0 Å². The molecule has 1 atom stereocenters. The van der Waals surface area contributed by atoms with E-state index in [1.54, 1.807) is 6.92 Å². The fraction of sp³-hybridized carbons (Fsp3) is 0.412. The maximum Gasteiger partial charge on any atom is 0.332 e. The molecule has 1 heterocycles. The third-order valence-electron chi connectivity index (χ3n) is 4.32. The van der Waals surface area contributed by atoms with E-state index in [1.807, 2.05) is 37.3 Å². The minimum atomic E-state index is -0.699. The Morgan fingerprint density at radius 1 is 1.25 bits per heavy atom. The Morgan fingerprint density at radius 3 is 2.42 bits per heavy atom. The number of rotatable bonds is 6. The molecule has 1 aromatic heterocycles. The van der Waals surface area contributed by atoms with E-state index in [-0.39, 0.29) is 24.7 Å². The summed E-state index contributed by atoms with van der Waals surface area (Å²) in [5, 5.41) is 12.6. The van der Waals surface area contributed by atoms with Gasteiger partial charge in [-0.15, -0.1) is 0 Å². The van der Waals surface area contributed by atoms with Gasteiger partial charge in [0.1, 0.15) is 11.5 Å². The molecule has 0 aliphatic rings. The van der Waals surface area contributed by atoms with Crippen LogP contribution in [0.2, 0.25) is 0 Å². The molecule has 4 N–H and O–H groups in total. The van der Waals surface area contributed by atoms with Gasteiger partial charge in [-0.1, -0.05) is 37.3 Å². The van der Waals surface area contributed by atoms with Crippen LogP contribution in [0.5, 0.6) is 0 Å². The van der Waals surface area contributed by atoms with Gasteiger partial charge in [-0.05, 0) is 18.9 Å². The Balaban J connectivity index is 2.57. The van der Waals surface area contributed by atoms with Crippen molar-refractivity contribution in [3.05, 3.63) is 56.7 Å². The Hall–Kier alpha value is -2.54. The number of benzene rings is 1. The molecule has 0 saturated heterocycles. The van der Waals surface area contributed by atoms with E-state index in [9.17, 15) is 14.7 Å². The van der Waals surface area contributed by atoms with Gasteiger partial charge in [-0.3, -0.25) is 13.9 Å². The molecule has 2 rings (SSSR count). The molecule has 24 heavy (non-hydrogen) atoms. The lowest BCUT2D eigenvalue weighted by molar-refractivity contribution is 0.219. The average molecular weight is 332 g/mol. The standard InChI is InChI=1S/C17H24N4O3/c1-4-17(2,11-22)19-13-14(18)21(16(24)20(3)15(13)23)10-12-8-6-5-7-9-12/h5-9,19,22H,4,10-11,18H2,1-3H3. The minimum absolute atomic E-state index is 0.0695. The van der Waals surface area contributed by atoms with Crippen molar-refractivity contribution in [2.24, 2.45) is 7.05 Å². The quantitative estimate of drug-likeness (QED) is 0.724. The van der Waals surface area contributed by atoms with Crippen molar-refractivity contribution in [1.29, 1.82) is 0 Å². The molecule has 0 aliphatic carbocycles. The maximum atomic E-state index is 12.5. The third-order valence-corrected chi connectivity index (χ3v) is 4.32. The van der Waals surface area contributed by atoms with Gasteiger partial charge in [0.15, 0.2) is 0 Å². The van der Waals surface area contributed by atoms with Gasteiger partial charge in [0.2, 0.25) is 0 Å². The summed E-state index contributed by atoms with van der Waals surface area (Å²) in [7, 11) is 1.42. The van der Waals surface area contributed by atoms with Crippen LogP contribution in [0.3, 0.4) is 0 Å². The Labute approximate surface area is 140 Å². The molecule has 0 fully saturated rings. The molecular formula is C17H24N4O3. The molecule has 0 amide bonds. The monoisotopic (exact) mass is 332 g/mol. The smallest absolute Gasteiger partial charge is 0.332 e. The molecule has 0 bridgehead atoms. The minimum Gasteiger partial charge on any atom is -0.394 e. The highest BCUT2D eigenvalue weighted by Crippen LogP contribution is 2.20. The van der Waals surface area contributed by atoms with E-state index in [2.05, 4.69) is 5.32 Å². The normalized spacial score (nSPS) is 13.5. The van der Waals surface area contributed by atoms with Crippen molar-refractivity contribution in [2.75, 3.05) is 17.7 Å². The lowest BCUT2D eigenvalue weighted by Gasteiger charge is -2.29. The zero-order valence-corrected chi connectivity index (χ0v) is 14.2. The van der Waals surface area contributed by atoms with Crippen LogP contribution in [0.25, 0.3) is 0 Å². The number of nitrogens with one attached hydrogen (secondary N) is 1. The molecule has 0 radical (unpaired) electrons. The van der Waals surface area contributed by atoms with Crippen LogP contribution >= 0.6 is 0 Å². The number of anilines is 2. The van der Waals surface area contributed by atoms with Crippen molar-refractivity contribution in [3.8, 4) is 0 Å². The second-order valence-electron chi connectivity index (χ2n) is 6.18. The molecule has 1 aromatic carbocycles. The number of nitrogen functional groups attached to an aromatic ring is 1. The lowest BCUT2D eigenvalue weighted by atomic mass is 10.00. The Bertz CT molecular complexity index is 820. The number of aliphatic hydroxyl groups excluding tert-OH is 1. The van der Waals surface area contributed by atoms with E-state index < -0.39 is 16.8 Å². The van der Waals surface area contributed by atoms with Crippen LogP contribution in [-0.4, -0.2) is 26.4 Å². The van der Waals surface area contributed by atoms with Crippen molar-refractivity contribution < 1.29 is 5.11 Å². The van der Waals surface area contributed by atoms with Gasteiger partial charge in [0, 0.05) is 7.05 Å². The van der Waals surface area contributed by atoms with E-state index in [0.29, 0.717) is 6.42 Å². The van der Waals surface area contributed by atoms with Gasteiger partial charge < -0.3 is 16.2 Å². The first-order valence-corrected chi connectivity index (χ1v) is 7.85. The molecule has 7 nitrogen and oxygen atoms in total. The fourth-order valence-corrected chi connectivity index (χ4v) is 2.36. The highest BCUT2D eigenvalue weighted by Gasteiger charge is 2.25. The summed E-state index contributed by atoms with van der Waals surface area (Å²) in [4.78, 5) is 24.9. The first-order valence-electron chi connectivity index (χ1n) is 7.85. The number of aromatic nitrogens is 2. The number of aliphatic hydroxyl groups is 1. The first kappa shape index (κ1) is 17.8. The van der Waals surface area contributed by atoms with Crippen molar-refractivity contribution in [1.82, 2.24) is 9.13 Å². The van der Waals surface area contributed by atoms with Crippen LogP contribution in [-0.2, 0) is 13.6 Å². The van der Waals surface area contributed by atoms with Crippen LogP contribution in [0.15, 0.2) is 39.9 Å². The van der Waals surface area contributed by atoms with Crippen molar-refractivity contribution >= 4 is 11.5 Å². The summed E-state index contributed by atoms with van der Waals surface area (Å²) >= 11 is 0. The second kappa shape index (κ2) is 6.92. The number of nitrogens with zero attached hydrogens (tertiary/aromatic N) is 2. The lowest BCUT2D eigenvalue weighted by Crippen LogP contribution is -2.45. The van der Waals surface area contributed by atoms with E-state index in [4.69, 9.17) is 5.73 Å². The van der Waals surface area contributed by atoms with Gasteiger partial charge >= 0.3 is 5.69 Å². The summed E-state index contributed by atoms with van der Waals surface area (Å²) < 4.78 is 2.38. The van der Waals surface area contributed by atoms with Crippen LogP contribution in [0, 0.1) is 0 Å². The zero-order valence-electron chi connectivity index (χ0n) is 14.2. The Morgan fingerprint density at radius 2 is 1.88 bits per heavy atom. The Kier molecular flexibility index (Phi) is 5.14. The highest BCUT2D eigenvalue weighted by molar-refractivity contribution is 5.62. The number of nitrogens with two attached hydrogens (primary N) is 1.